The summed E-state index contributed by atoms with van der Waals surface area (Å²) in [7, 11) is 1.65. The summed E-state index contributed by atoms with van der Waals surface area (Å²) in [5.41, 5.74) is 0. The summed E-state index contributed by atoms with van der Waals surface area (Å²) in [6.45, 7) is 2.63. The Morgan fingerprint density at radius 3 is 2.90 bits per heavy atom. The molecule has 1 atom stereocenters. The third-order valence-electron chi connectivity index (χ3n) is 0.854. The molecule has 0 aliphatic rings. The predicted octanol–water partition coefficient (Wildman–Crippen LogP) is -0.357. The first-order valence-corrected chi connectivity index (χ1v) is 3.18. The number of aliphatic hydroxyl groups excluding tert-OH is 1. The topological polar surface area (TPSA) is 57.0 Å². The molecule has 58 valence electrons. The third kappa shape index (κ3) is 5.40. The minimum Gasteiger partial charge on any atom is -0.373 e. The van der Waals surface area contributed by atoms with Crippen molar-refractivity contribution in [2.75, 3.05) is 13.6 Å². The zero-order valence-corrected chi connectivity index (χ0v) is 6.28. The number of rotatable bonds is 4. The minimum absolute atomic E-state index is 0.677. The van der Waals surface area contributed by atoms with Crippen molar-refractivity contribution in [3.63, 3.8) is 0 Å². The zero-order valence-electron chi connectivity index (χ0n) is 6.28. The fraction of sp³-hybridized carbons (Fsp3) is 0.667. The fourth-order valence-electron chi connectivity index (χ4n) is 0.323. The van der Waals surface area contributed by atoms with Crippen LogP contribution in [-0.2, 0) is 0 Å². The Morgan fingerprint density at radius 1 is 1.70 bits per heavy atom. The quantitative estimate of drug-likeness (QED) is 0.321. The Balaban J connectivity index is 3.44. The van der Waals surface area contributed by atoms with Crippen LogP contribution in [0.15, 0.2) is 9.98 Å². The molecule has 4 heteroatoms. The summed E-state index contributed by atoms with van der Waals surface area (Å²) in [5, 5.41) is 11.4. The third-order valence-corrected chi connectivity index (χ3v) is 0.854. The average Bonchev–Trinajstić information content (AvgIpc) is 1.98. The maximum absolute atomic E-state index is 8.84. The number of aliphatic hydroxyl groups is 1. The molecule has 0 rings (SSSR count). The van der Waals surface area contributed by atoms with Crippen LogP contribution in [-0.4, -0.2) is 37.5 Å². The van der Waals surface area contributed by atoms with Crippen molar-refractivity contribution in [1.29, 1.82) is 0 Å². The second-order valence-electron chi connectivity index (χ2n) is 1.65. The van der Waals surface area contributed by atoms with Gasteiger partial charge in [0.25, 0.3) is 0 Å². The van der Waals surface area contributed by atoms with E-state index in [1.165, 1.54) is 12.6 Å². The fourth-order valence-corrected chi connectivity index (χ4v) is 0.323. The molecular weight excluding hydrogens is 130 g/mol. The lowest BCUT2D eigenvalue weighted by Crippen LogP contribution is -2.25. The second kappa shape index (κ2) is 6.38. The van der Waals surface area contributed by atoms with Crippen molar-refractivity contribution in [2.45, 2.75) is 13.2 Å². The zero-order chi connectivity index (χ0) is 7.82. The highest BCUT2D eigenvalue weighted by atomic mass is 16.3. The molecule has 0 aromatic heterocycles. The van der Waals surface area contributed by atoms with Gasteiger partial charge in [0.2, 0.25) is 0 Å². The van der Waals surface area contributed by atoms with Crippen LogP contribution in [0.3, 0.4) is 0 Å². The maximum atomic E-state index is 8.84. The van der Waals surface area contributed by atoms with Gasteiger partial charge in [-0.1, -0.05) is 0 Å². The summed E-state index contributed by atoms with van der Waals surface area (Å²) in [5.74, 6) is 0. The molecule has 0 aliphatic carbocycles. The van der Waals surface area contributed by atoms with Crippen LogP contribution in [0.4, 0.5) is 0 Å². The molecule has 10 heavy (non-hydrogen) atoms. The Bertz CT molecular complexity index is 122. The number of aliphatic imine (C=N–C) groups is 2. The van der Waals surface area contributed by atoms with Gasteiger partial charge >= 0.3 is 0 Å². The predicted molar refractivity (Wildman–Crippen MR) is 42.6 cm³/mol. The largest absolute Gasteiger partial charge is 0.373 e. The molecule has 2 N–H and O–H groups in total. The van der Waals surface area contributed by atoms with E-state index >= 15 is 0 Å². The van der Waals surface area contributed by atoms with E-state index in [0.717, 1.165) is 0 Å². The van der Waals surface area contributed by atoms with Crippen LogP contribution < -0.4 is 5.32 Å². The molecule has 0 heterocycles. The molecule has 0 bridgehead atoms. The molecule has 0 aliphatic heterocycles. The Labute approximate surface area is 60.7 Å². The second-order valence-corrected chi connectivity index (χ2v) is 1.65. The molecule has 0 saturated carbocycles. The van der Waals surface area contributed by atoms with Crippen molar-refractivity contribution in [1.82, 2.24) is 5.32 Å². The van der Waals surface area contributed by atoms with Crippen LogP contribution in [0.25, 0.3) is 0 Å². The van der Waals surface area contributed by atoms with E-state index in [1.807, 2.05) is 6.92 Å². The number of nitrogens with zero attached hydrogens (tertiary/aromatic N) is 2. The summed E-state index contributed by atoms with van der Waals surface area (Å²) in [6, 6.07) is 0. The minimum atomic E-state index is -0.677. The van der Waals surface area contributed by atoms with E-state index in [9.17, 15) is 0 Å². The van der Waals surface area contributed by atoms with Crippen LogP contribution in [0.5, 0.6) is 0 Å². The lowest BCUT2D eigenvalue weighted by Gasteiger charge is -1.97. The molecule has 0 saturated heterocycles. The highest BCUT2D eigenvalue weighted by Crippen LogP contribution is 1.68. The molecule has 1 unspecified atom stereocenters. The van der Waals surface area contributed by atoms with E-state index in [-0.39, 0.29) is 0 Å². The summed E-state index contributed by atoms with van der Waals surface area (Å²) >= 11 is 0. The normalized spacial score (nSPS) is 15.1. The molecule has 0 fully saturated rings. The van der Waals surface area contributed by atoms with E-state index in [2.05, 4.69) is 15.3 Å². The van der Waals surface area contributed by atoms with E-state index in [1.54, 1.807) is 7.05 Å². The average molecular weight is 143 g/mol. The highest BCUT2D eigenvalue weighted by molar-refractivity contribution is 5.74. The van der Waals surface area contributed by atoms with Gasteiger partial charge in [0.15, 0.2) is 0 Å². The number of nitrogens with one attached hydrogen (secondary N) is 1. The van der Waals surface area contributed by atoms with Gasteiger partial charge in [0, 0.05) is 12.8 Å². The Hall–Kier alpha value is -0.740. The van der Waals surface area contributed by atoms with Gasteiger partial charge < -0.3 is 5.11 Å². The van der Waals surface area contributed by atoms with Gasteiger partial charge in [0.05, 0.1) is 0 Å². The van der Waals surface area contributed by atoms with Crippen molar-refractivity contribution in [2.24, 2.45) is 9.98 Å². The molecular formula is C6H13N3O. The van der Waals surface area contributed by atoms with Gasteiger partial charge in [-0.05, 0) is 14.0 Å². The van der Waals surface area contributed by atoms with Gasteiger partial charge in [-0.3, -0.25) is 10.3 Å². The lowest BCUT2D eigenvalue weighted by atomic mass is 10.6. The van der Waals surface area contributed by atoms with E-state index < -0.39 is 6.23 Å². The molecule has 0 aromatic rings. The number of hydrogen-bond donors (Lipinski definition) is 2. The molecule has 0 aromatic carbocycles. The maximum Gasteiger partial charge on any atom is 0.141 e. The summed E-state index contributed by atoms with van der Waals surface area (Å²) in [6.07, 6.45) is 2.11. The standard InChI is InChI=1S/C6H13N3O/c1-3-8-5-9-4-6(10)7-2/h4-7,10H,3H2,1-2H3/b8-5-,9-4+. The van der Waals surface area contributed by atoms with Gasteiger partial charge in [-0.25, -0.2) is 4.99 Å². The van der Waals surface area contributed by atoms with Crippen molar-refractivity contribution in [3.8, 4) is 0 Å². The van der Waals surface area contributed by atoms with Crippen molar-refractivity contribution >= 4 is 12.6 Å². The van der Waals surface area contributed by atoms with Gasteiger partial charge in [-0.2, -0.15) is 0 Å². The summed E-state index contributed by atoms with van der Waals surface area (Å²) < 4.78 is 0. The first-order chi connectivity index (χ1) is 4.81. The van der Waals surface area contributed by atoms with Crippen LogP contribution in [0.2, 0.25) is 0 Å². The Kier molecular flexibility index (Phi) is 5.91. The monoisotopic (exact) mass is 143 g/mol. The van der Waals surface area contributed by atoms with Crippen LogP contribution in [0, 0.1) is 0 Å². The summed E-state index contributed by atoms with van der Waals surface area (Å²) in [4.78, 5) is 7.52. The van der Waals surface area contributed by atoms with E-state index in [4.69, 9.17) is 5.11 Å². The van der Waals surface area contributed by atoms with Crippen molar-refractivity contribution < 1.29 is 5.11 Å². The molecule has 0 radical (unpaired) electrons. The van der Waals surface area contributed by atoms with Crippen LogP contribution in [0.1, 0.15) is 6.92 Å². The van der Waals surface area contributed by atoms with Gasteiger partial charge in [0.1, 0.15) is 12.6 Å². The highest BCUT2D eigenvalue weighted by Gasteiger charge is 1.88. The molecule has 0 spiro atoms. The smallest absolute Gasteiger partial charge is 0.141 e. The SMILES string of the molecule is CC/N=C\N=C\C(O)NC. The first-order valence-electron chi connectivity index (χ1n) is 3.18. The van der Waals surface area contributed by atoms with Crippen molar-refractivity contribution in [3.05, 3.63) is 0 Å². The van der Waals surface area contributed by atoms with E-state index in [0.29, 0.717) is 6.54 Å². The molecule has 0 amide bonds. The number of hydrogen-bond acceptors (Lipinski definition) is 3. The van der Waals surface area contributed by atoms with Crippen LogP contribution >= 0.6 is 0 Å². The first kappa shape index (κ1) is 9.26. The van der Waals surface area contributed by atoms with Gasteiger partial charge in [-0.15, -0.1) is 0 Å². The lowest BCUT2D eigenvalue weighted by molar-refractivity contribution is 0.219. The Morgan fingerprint density at radius 2 is 2.40 bits per heavy atom. The molecule has 4 nitrogen and oxygen atoms in total.